The van der Waals surface area contributed by atoms with Crippen molar-refractivity contribution in [3.05, 3.63) is 0 Å². The van der Waals surface area contributed by atoms with Gasteiger partial charge in [-0.2, -0.15) is 0 Å². The first-order chi connectivity index (χ1) is 4.61. The lowest BCUT2D eigenvalue weighted by molar-refractivity contribution is 0.126. The highest BCUT2D eigenvalue weighted by Crippen LogP contribution is 2.37. The summed E-state index contributed by atoms with van der Waals surface area (Å²) in [7, 11) is 0. The first-order valence-electron chi connectivity index (χ1n) is 4.29. The van der Waals surface area contributed by atoms with Gasteiger partial charge in [0.25, 0.3) is 0 Å². The van der Waals surface area contributed by atoms with Crippen LogP contribution in [0, 0.1) is 17.8 Å². The summed E-state index contributed by atoms with van der Waals surface area (Å²) < 4.78 is 0. The zero-order chi connectivity index (χ0) is 7.72. The Hall–Kier alpha value is -0.0400. The van der Waals surface area contributed by atoms with Crippen molar-refractivity contribution >= 4 is 0 Å². The summed E-state index contributed by atoms with van der Waals surface area (Å²) in [5.74, 6) is 2.21. The second kappa shape index (κ2) is 2.91. The van der Waals surface area contributed by atoms with E-state index in [0.29, 0.717) is 5.92 Å². The van der Waals surface area contributed by atoms with Gasteiger partial charge in [0.15, 0.2) is 0 Å². The van der Waals surface area contributed by atoms with E-state index in [-0.39, 0.29) is 6.10 Å². The van der Waals surface area contributed by atoms with Crippen LogP contribution in [-0.2, 0) is 0 Å². The van der Waals surface area contributed by atoms with Crippen molar-refractivity contribution in [3.63, 3.8) is 0 Å². The molecule has 0 amide bonds. The van der Waals surface area contributed by atoms with E-state index < -0.39 is 0 Å². The van der Waals surface area contributed by atoms with Crippen molar-refractivity contribution in [2.75, 3.05) is 0 Å². The maximum absolute atomic E-state index is 9.29. The SMILES string of the molecule is CC(O)C1CC(C)C(C)C1. The van der Waals surface area contributed by atoms with E-state index in [1.54, 1.807) is 0 Å². The van der Waals surface area contributed by atoms with Crippen LogP contribution in [0.15, 0.2) is 0 Å². The van der Waals surface area contributed by atoms with Crippen molar-refractivity contribution in [2.45, 2.75) is 39.7 Å². The average Bonchev–Trinajstić information content (AvgIpc) is 2.13. The number of rotatable bonds is 1. The molecule has 0 bridgehead atoms. The number of hydrogen-bond donors (Lipinski definition) is 1. The monoisotopic (exact) mass is 142 g/mol. The molecule has 1 aliphatic carbocycles. The smallest absolute Gasteiger partial charge is 0.0540 e. The molecule has 3 unspecified atom stereocenters. The highest BCUT2D eigenvalue weighted by atomic mass is 16.3. The molecule has 1 saturated carbocycles. The molecule has 0 aromatic carbocycles. The van der Waals surface area contributed by atoms with E-state index in [1.165, 1.54) is 12.8 Å². The van der Waals surface area contributed by atoms with E-state index in [4.69, 9.17) is 0 Å². The van der Waals surface area contributed by atoms with Gasteiger partial charge in [-0.25, -0.2) is 0 Å². The van der Waals surface area contributed by atoms with Crippen molar-refractivity contribution in [1.82, 2.24) is 0 Å². The van der Waals surface area contributed by atoms with Crippen molar-refractivity contribution in [1.29, 1.82) is 0 Å². The van der Waals surface area contributed by atoms with Gasteiger partial charge in [0, 0.05) is 0 Å². The summed E-state index contributed by atoms with van der Waals surface area (Å²) in [4.78, 5) is 0. The predicted molar refractivity (Wildman–Crippen MR) is 42.7 cm³/mol. The largest absolute Gasteiger partial charge is 0.393 e. The van der Waals surface area contributed by atoms with E-state index in [0.717, 1.165) is 11.8 Å². The quantitative estimate of drug-likeness (QED) is 0.594. The van der Waals surface area contributed by atoms with Gasteiger partial charge in [-0.1, -0.05) is 13.8 Å². The van der Waals surface area contributed by atoms with Crippen LogP contribution in [0.1, 0.15) is 33.6 Å². The molecule has 0 heterocycles. The fourth-order valence-corrected chi connectivity index (χ4v) is 1.91. The van der Waals surface area contributed by atoms with Gasteiger partial charge in [0.05, 0.1) is 6.10 Å². The average molecular weight is 142 g/mol. The molecular weight excluding hydrogens is 124 g/mol. The minimum atomic E-state index is -0.0904. The summed E-state index contributed by atoms with van der Waals surface area (Å²) in [6.45, 7) is 6.48. The molecule has 0 aromatic rings. The van der Waals surface area contributed by atoms with Gasteiger partial charge in [-0.05, 0) is 37.5 Å². The first kappa shape index (κ1) is 8.06. The lowest BCUT2D eigenvalue weighted by Gasteiger charge is -2.11. The maximum Gasteiger partial charge on any atom is 0.0540 e. The molecular formula is C9H18O. The Kier molecular flexibility index (Phi) is 2.35. The normalized spacial score (nSPS) is 43.8. The second-order valence-corrected chi connectivity index (χ2v) is 3.93. The van der Waals surface area contributed by atoms with Crippen LogP contribution in [-0.4, -0.2) is 11.2 Å². The van der Waals surface area contributed by atoms with Gasteiger partial charge < -0.3 is 5.11 Å². The highest BCUT2D eigenvalue weighted by molar-refractivity contribution is 4.80. The highest BCUT2D eigenvalue weighted by Gasteiger charge is 2.30. The molecule has 0 saturated heterocycles. The minimum Gasteiger partial charge on any atom is -0.393 e. The molecule has 0 radical (unpaired) electrons. The molecule has 3 atom stereocenters. The minimum absolute atomic E-state index is 0.0904. The Morgan fingerprint density at radius 2 is 1.60 bits per heavy atom. The van der Waals surface area contributed by atoms with Gasteiger partial charge in [0.2, 0.25) is 0 Å². The van der Waals surface area contributed by atoms with Crippen LogP contribution in [0.4, 0.5) is 0 Å². The molecule has 60 valence electrons. The zero-order valence-corrected chi connectivity index (χ0v) is 7.17. The Morgan fingerprint density at radius 3 is 1.80 bits per heavy atom. The van der Waals surface area contributed by atoms with Gasteiger partial charge in [0.1, 0.15) is 0 Å². The molecule has 1 rings (SSSR count). The van der Waals surface area contributed by atoms with Crippen LogP contribution < -0.4 is 0 Å². The van der Waals surface area contributed by atoms with Crippen molar-refractivity contribution < 1.29 is 5.11 Å². The van der Waals surface area contributed by atoms with E-state index >= 15 is 0 Å². The number of aliphatic hydroxyl groups excluding tert-OH is 1. The number of aliphatic hydroxyl groups is 1. The Labute approximate surface area is 63.4 Å². The summed E-state index contributed by atoms with van der Waals surface area (Å²) in [5, 5.41) is 9.29. The Morgan fingerprint density at radius 1 is 1.20 bits per heavy atom. The Balaban J connectivity index is 2.41. The molecule has 1 heteroatoms. The van der Waals surface area contributed by atoms with Gasteiger partial charge >= 0.3 is 0 Å². The van der Waals surface area contributed by atoms with Crippen LogP contribution >= 0.6 is 0 Å². The van der Waals surface area contributed by atoms with Gasteiger partial charge in [-0.3, -0.25) is 0 Å². The third kappa shape index (κ3) is 1.51. The van der Waals surface area contributed by atoms with Crippen molar-refractivity contribution in [2.24, 2.45) is 17.8 Å². The summed E-state index contributed by atoms with van der Waals surface area (Å²) >= 11 is 0. The predicted octanol–water partition coefficient (Wildman–Crippen LogP) is 2.05. The molecule has 1 aliphatic rings. The fourth-order valence-electron chi connectivity index (χ4n) is 1.91. The van der Waals surface area contributed by atoms with Crippen LogP contribution in [0.2, 0.25) is 0 Å². The number of hydrogen-bond acceptors (Lipinski definition) is 1. The second-order valence-electron chi connectivity index (χ2n) is 3.93. The summed E-state index contributed by atoms with van der Waals surface area (Å²) in [6, 6.07) is 0. The van der Waals surface area contributed by atoms with E-state index in [1.807, 2.05) is 6.92 Å². The third-order valence-corrected chi connectivity index (χ3v) is 3.00. The molecule has 1 fully saturated rings. The fraction of sp³-hybridized carbons (Fsp3) is 1.00. The molecule has 1 N–H and O–H groups in total. The maximum atomic E-state index is 9.29. The summed E-state index contributed by atoms with van der Waals surface area (Å²) in [6.07, 6.45) is 2.35. The molecule has 10 heavy (non-hydrogen) atoms. The van der Waals surface area contributed by atoms with E-state index in [2.05, 4.69) is 13.8 Å². The lowest BCUT2D eigenvalue weighted by Crippen LogP contribution is -2.12. The first-order valence-corrected chi connectivity index (χ1v) is 4.29. The van der Waals surface area contributed by atoms with E-state index in [9.17, 15) is 5.11 Å². The molecule has 1 nitrogen and oxygen atoms in total. The molecule has 0 spiro atoms. The van der Waals surface area contributed by atoms with Crippen LogP contribution in [0.5, 0.6) is 0 Å². The van der Waals surface area contributed by atoms with Crippen molar-refractivity contribution in [3.8, 4) is 0 Å². The zero-order valence-electron chi connectivity index (χ0n) is 7.17. The topological polar surface area (TPSA) is 20.2 Å². The van der Waals surface area contributed by atoms with Crippen LogP contribution in [0.3, 0.4) is 0 Å². The Bertz CT molecular complexity index is 99.3. The molecule has 0 aromatic heterocycles. The standard InChI is InChI=1S/C9H18O/c1-6-4-9(8(3)10)5-7(6)2/h6-10H,4-5H2,1-3H3. The van der Waals surface area contributed by atoms with Gasteiger partial charge in [-0.15, -0.1) is 0 Å². The molecule has 0 aliphatic heterocycles. The summed E-state index contributed by atoms with van der Waals surface area (Å²) in [5.41, 5.74) is 0. The lowest BCUT2D eigenvalue weighted by atomic mass is 10.0. The third-order valence-electron chi connectivity index (χ3n) is 3.00. The van der Waals surface area contributed by atoms with Crippen LogP contribution in [0.25, 0.3) is 0 Å².